The van der Waals surface area contributed by atoms with E-state index in [9.17, 15) is 14.4 Å². The van der Waals surface area contributed by atoms with Gasteiger partial charge in [-0.2, -0.15) is 0 Å². The molecule has 48 heavy (non-hydrogen) atoms. The van der Waals surface area contributed by atoms with E-state index in [0.29, 0.717) is 23.6 Å². The number of hydrogen-bond donors (Lipinski definition) is 1. The van der Waals surface area contributed by atoms with E-state index < -0.39 is 27.5 Å². The number of carbonyl (C=O) groups is 3. The van der Waals surface area contributed by atoms with E-state index in [4.69, 9.17) is 10.6 Å². The lowest BCUT2D eigenvalue weighted by molar-refractivity contribution is -0.171. The molecule has 1 aromatic rings. The minimum atomic E-state index is -0.951. The number of thioether (sulfide) groups is 3. The molecule has 250 valence electrons. The number of benzene rings is 1. The van der Waals surface area contributed by atoms with Gasteiger partial charge in [-0.3, -0.25) is 14.5 Å². The lowest BCUT2D eigenvalue weighted by atomic mass is 9.78. The summed E-state index contributed by atoms with van der Waals surface area (Å²) in [5, 5.41) is 0.626. The third-order valence-corrected chi connectivity index (χ3v) is 14.7. The third kappa shape index (κ3) is 4.85. The first-order chi connectivity index (χ1) is 22.5. The van der Waals surface area contributed by atoms with Crippen LogP contribution in [-0.2, 0) is 20.8 Å². The van der Waals surface area contributed by atoms with Crippen molar-refractivity contribution in [3.05, 3.63) is 108 Å². The minimum absolute atomic E-state index is 0.00598. The molecule has 4 aliphatic heterocycles. The van der Waals surface area contributed by atoms with E-state index in [1.807, 2.05) is 54.5 Å². The number of nitrogens with two attached hydrogens (primary N) is 1. The molecule has 0 aromatic heterocycles. The molecule has 0 bridgehead atoms. The van der Waals surface area contributed by atoms with Crippen LogP contribution in [0.1, 0.15) is 83.1 Å². The average Bonchev–Trinajstić information content (AvgIpc) is 3.68. The van der Waals surface area contributed by atoms with Crippen molar-refractivity contribution in [2.24, 2.45) is 5.73 Å². The monoisotopic (exact) mass is 699 g/mol. The summed E-state index contributed by atoms with van der Waals surface area (Å²) in [4.78, 5) is 51.3. The van der Waals surface area contributed by atoms with E-state index in [0.717, 1.165) is 81.0 Å². The largest absolute Gasteiger partial charge is 0.440 e. The Morgan fingerprint density at radius 3 is 2.02 bits per heavy atom. The Labute approximate surface area is 295 Å². The maximum atomic E-state index is 14.6. The highest BCUT2D eigenvalue weighted by Crippen LogP contribution is 2.74. The molecule has 1 aliphatic carbocycles. The molecule has 0 radical (unpaired) electrons. The van der Waals surface area contributed by atoms with Crippen molar-refractivity contribution in [2.45, 2.75) is 83.8 Å². The molecular formula is C38H41N3O4S3. The number of rotatable bonds is 6. The van der Waals surface area contributed by atoms with Crippen molar-refractivity contribution >= 4 is 70.5 Å². The van der Waals surface area contributed by atoms with Crippen LogP contribution in [0.4, 0.5) is 10.5 Å². The second kappa shape index (κ2) is 11.8. The van der Waals surface area contributed by atoms with Crippen LogP contribution >= 0.6 is 35.3 Å². The van der Waals surface area contributed by atoms with Crippen LogP contribution in [0.15, 0.2) is 85.6 Å². The molecule has 6 rings (SSSR count). The highest BCUT2D eigenvalue weighted by atomic mass is 32.2. The first-order valence-electron chi connectivity index (χ1n) is 15.9. The van der Waals surface area contributed by atoms with Gasteiger partial charge in [0.05, 0.1) is 11.2 Å². The fourth-order valence-corrected chi connectivity index (χ4v) is 12.8. The zero-order valence-corrected chi connectivity index (χ0v) is 31.1. The van der Waals surface area contributed by atoms with Crippen LogP contribution in [0, 0.1) is 6.92 Å². The summed E-state index contributed by atoms with van der Waals surface area (Å²) < 4.78 is -0.719. The number of hydroxylamine groups is 2. The van der Waals surface area contributed by atoms with Crippen molar-refractivity contribution in [1.29, 1.82) is 0 Å². The first-order valence-corrected chi connectivity index (χ1v) is 18.4. The van der Waals surface area contributed by atoms with E-state index in [2.05, 4.69) is 32.4 Å². The number of amides is 3. The Morgan fingerprint density at radius 2 is 1.52 bits per heavy atom. The maximum absolute atomic E-state index is 14.6. The van der Waals surface area contributed by atoms with Gasteiger partial charge in [-0.1, -0.05) is 74.1 Å². The van der Waals surface area contributed by atoms with Crippen molar-refractivity contribution in [2.75, 3.05) is 4.90 Å². The van der Waals surface area contributed by atoms with Crippen LogP contribution in [0.5, 0.6) is 0 Å². The first kappa shape index (κ1) is 34.3. The quantitative estimate of drug-likeness (QED) is 0.294. The molecule has 1 atom stereocenters. The van der Waals surface area contributed by atoms with Crippen molar-refractivity contribution in [3.8, 4) is 0 Å². The van der Waals surface area contributed by atoms with Crippen molar-refractivity contribution in [3.63, 3.8) is 0 Å². The zero-order valence-electron chi connectivity index (χ0n) is 28.6. The van der Waals surface area contributed by atoms with Gasteiger partial charge in [-0.05, 0) is 99.1 Å². The van der Waals surface area contributed by atoms with Crippen LogP contribution in [-0.4, -0.2) is 32.6 Å². The summed E-state index contributed by atoms with van der Waals surface area (Å²) in [7, 11) is 0. The van der Waals surface area contributed by atoms with E-state index in [1.54, 1.807) is 40.2 Å². The molecule has 2 N–H and O–H groups in total. The second-order valence-electron chi connectivity index (χ2n) is 13.4. The molecule has 3 amide bonds. The molecule has 1 unspecified atom stereocenters. The molecule has 10 heteroatoms. The number of nitrogens with zero attached hydrogens (tertiary/aromatic N) is 2. The van der Waals surface area contributed by atoms with E-state index in [1.165, 1.54) is 0 Å². The Balaban J connectivity index is 1.71. The smallest absolute Gasteiger partial charge is 0.402 e. The minimum Gasteiger partial charge on any atom is -0.402 e. The zero-order chi connectivity index (χ0) is 35.2. The predicted octanol–water partition coefficient (Wildman–Crippen LogP) is 9.44. The number of allylic oxidation sites excluding steroid dienone is 5. The summed E-state index contributed by atoms with van der Waals surface area (Å²) in [5.74, 6) is -1.06. The molecule has 1 aromatic carbocycles. The summed E-state index contributed by atoms with van der Waals surface area (Å²) in [6.07, 6.45) is 2.29. The summed E-state index contributed by atoms with van der Waals surface area (Å²) >= 11 is 5.12. The number of imide groups is 1. The fraction of sp³-hybridized carbons (Fsp3) is 0.342. The molecule has 5 aliphatic rings. The highest BCUT2D eigenvalue weighted by Gasteiger charge is 2.59. The van der Waals surface area contributed by atoms with Crippen LogP contribution in [0.25, 0.3) is 11.6 Å². The van der Waals surface area contributed by atoms with Gasteiger partial charge in [0.1, 0.15) is 4.08 Å². The van der Waals surface area contributed by atoms with Gasteiger partial charge < -0.3 is 10.6 Å². The molecule has 1 spiro atoms. The normalized spacial score (nSPS) is 22.7. The Bertz CT molecular complexity index is 1920. The van der Waals surface area contributed by atoms with Gasteiger partial charge in [0.2, 0.25) is 0 Å². The van der Waals surface area contributed by atoms with Gasteiger partial charge in [0, 0.05) is 55.7 Å². The summed E-state index contributed by atoms with van der Waals surface area (Å²) in [5.41, 5.74) is 16.5. The predicted molar refractivity (Wildman–Crippen MR) is 202 cm³/mol. The molecular weight excluding hydrogens is 659 g/mol. The molecule has 7 nitrogen and oxygen atoms in total. The van der Waals surface area contributed by atoms with Crippen LogP contribution < -0.4 is 10.6 Å². The Morgan fingerprint density at radius 1 is 0.958 bits per heavy atom. The number of fused-ring (bicyclic) bond motifs is 4. The highest BCUT2D eigenvalue weighted by molar-refractivity contribution is 8.26. The van der Waals surface area contributed by atoms with Gasteiger partial charge in [-0.25, -0.2) is 4.79 Å². The maximum Gasteiger partial charge on any atom is 0.440 e. The van der Waals surface area contributed by atoms with E-state index in [-0.39, 0.29) is 12.8 Å². The SMILES string of the molecule is C=C(C)C1=C(C(=C)C)SC2(S1)C(C(=C)C)=C(C(=C)C)SC1=C2c2cc3c(c(C)c2N(C(=O)ON2C(=O)CCC2=O)C1(C)CC)C=C(N)C3. The number of carbonyl (C=O) groups excluding carboxylic acids is 3. The summed E-state index contributed by atoms with van der Waals surface area (Å²) in [6.45, 7) is 31.9. The topological polar surface area (TPSA) is 92.9 Å². The standard InChI is InChI=1S/C38H41N3O4S3/c1-12-37(11)35-30(38(29(18(2)3)32(46-35)19(4)5)47-33(20(6)7)34(48-38)21(8)9)26-16-23-15-24(39)17-25(23)22(10)31(26)40(37)36(44)45-41-27(42)13-14-28(41)43/h16-17H,2,4,6,8,12-15,39H2,1,3,5,7,9-11H3. The Hall–Kier alpha value is -3.60. The Kier molecular flexibility index (Phi) is 8.41. The van der Waals surface area contributed by atoms with Crippen molar-refractivity contribution in [1.82, 2.24) is 5.06 Å². The second-order valence-corrected chi connectivity index (χ2v) is 17.1. The molecule has 1 saturated heterocycles. The fourth-order valence-electron chi connectivity index (χ4n) is 7.16. The number of anilines is 1. The van der Waals surface area contributed by atoms with Crippen LogP contribution in [0.3, 0.4) is 0 Å². The summed E-state index contributed by atoms with van der Waals surface area (Å²) in [6, 6.07) is 2.16. The van der Waals surface area contributed by atoms with Gasteiger partial charge >= 0.3 is 6.09 Å². The molecule has 1 fully saturated rings. The van der Waals surface area contributed by atoms with Gasteiger partial charge in [0.15, 0.2) is 0 Å². The third-order valence-electron chi connectivity index (χ3n) is 9.53. The lowest BCUT2D eigenvalue weighted by Gasteiger charge is -2.53. The molecule has 0 saturated carbocycles. The molecule has 4 heterocycles. The van der Waals surface area contributed by atoms with E-state index >= 15 is 0 Å². The average molecular weight is 700 g/mol. The van der Waals surface area contributed by atoms with Gasteiger partial charge in [-0.15, -0.1) is 5.06 Å². The number of hydrogen-bond acceptors (Lipinski definition) is 8. The lowest BCUT2D eigenvalue weighted by Crippen LogP contribution is -2.56. The van der Waals surface area contributed by atoms with Gasteiger partial charge in [0.25, 0.3) is 11.8 Å². The van der Waals surface area contributed by atoms with Crippen LogP contribution in [0.2, 0.25) is 0 Å². The van der Waals surface area contributed by atoms with Crippen molar-refractivity contribution < 1.29 is 19.2 Å².